The second kappa shape index (κ2) is 26.5. The predicted molar refractivity (Wildman–Crippen MR) is 255 cm³/mol. The molecule has 0 saturated heterocycles. The Morgan fingerprint density at radius 2 is 0.629 bits per heavy atom. The molecule has 0 spiro atoms. The lowest BCUT2D eigenvalue weighted by Gasteiger charge is -2.44. The van der Waals surface area contributed by atoms with Crippen LogP contribution in [0.5, 0.6) is 0 Å². The number of rotatable bonds is 14. The summed E-state index contributed by atoms with van der Waals surface area (Å²) >= 11 is 0. The third-order valence-electron chi connectivity index (χ3n) is 13.3. The van der Waals surface area contributed by atoms with Crippen LogP contribution in [0, 0.1) is 59.2 Å². The van der Waals surface area contributed by atoms with Gasteiger partial charge in [-0.05, 0) is 91.9 Å². The maximum absolute atomic E-state index is 12.2. The van der Waals surface area contributed by atoms with Gasteiger partial charge in [-0.25, -0.2) is 0 Å². The molecule has 4 aliphatic carbocycles. The number of halogens is 6. The van der Waals surface area contributed by atoms with Crippen LogP contribution in [0.3, 0.4) is 0 Å². The van der Waals surface area contributed by atoms with Crippen LogP contribution in [0.4, 0.5) is 26.3 Å². The van der Waals surface area contributed by atoms with E-state index in [9.17, 15) is 70.4 Å². The van der Waals surface area contributed by atoms with Gasteiger partial charge in [-0.3, -0.25) is 28.8 Å². The quantitative estimate of drug-likeness (QED) is 0.0896. The molecule has 0 amide bonds. The van der Waals surface area contributed by atoms with Gasteiger partial charge in [0.15, 0.2) is 22.8 Å². The average Bonchev–Trinajstić information content (AvgIpc) is 3.17. The van der Waals surface area contributed by atoms with Crippen molar-refractivity contribution in [1.82, 2.24) is 0 Å². The standard InChI is InChI=1S/2C9H13F3O2.2C9H16O2.C9H18O2.C7H14O2/c2*1-5(2)7(13)6-3-8(14,4-6)9(10,11)12;2*1-6(2)8(10)7-4-9(3,11)5-7;1-5-9(11,6-2)8(10)7(3)4;1-5(2)6(8)7(3,4)9/h2*5-6,14H,3-4H2,1-2H3;2*6-7,11H,4-5H2,1-3H3;7,11H,5-6H2,1-4H3;5,9H,1-4H3. The molecule has 0 aromatic heterocycles. The van der Waals surface area contributed by atoms with Crippen LogP contribution in [-0.4, -0.2) is 111 Å². The Labute approximate surface area is 413 Å². The molecule has 4 rings (SSSR count). The summed E-state index contributed by atoms with van der Waals surface area (Å²) in [5.41, 5.74) is -8.60. The first-order valence-corrected chi connectivity index (χ1v) is 24.7. The zero-order chi connectivity index (χ0) is 56.3. The van der Waals surface area contributed by atoms with E-state index in [-0.39, 0.29) is 70.5 Å². The molecular weight excluding hydrogens is 931 g/mol. The Morgan fingerprint density at radius 3 is 0.729 bits per heavy atom. The number of ketones is 6. The van der Waals surface area contributed by atoms with Gasteiger partial charge in [0.2, 0.25) is 0 Å². The van der Waals surface area contributed by atoms with Gasteiger partial charge in [-0.15, -0.1) is 0 Å². The van der Waals surface area contributed by atoms with E-state index in [1.807, 2.05) is 55.4 Å². The van der Waals surface area contributed by atoms with Crippen LogP contribution in [0.25, 0.3) is 0 Å². The molecule has 18 heteroatoms. The SMILES string of the molecule is CC(C)C(=O)C(C)(C)O.CC(C)C(=O)C1CC(C)(O)C1.CC(C)C(=O)C1CC(C)(O)C1.CC(C)C(=O)C1CC(O)(C(F)(F)F)C1.CC(C)C(=O)C1CC(O)(C(F)(F)F)C1.CCC(O)(CC)C(=O)C(C)C. The van der Waals surface area contributed by atoms with Crippen molar-refractivity contribution >= 4 is 34.7 Å². The fourth-order valence-corrected chi connectivity index (χ4v) is 8.51. The van der Waals surface area contributed by atoms with E-state index in [0.717, 1.165) is 0 Å². The smallest absolute Gasteiger partial charge is 0.390 e. The summed E-state index contributed by atoms with van der Waals surface area (Å²) in [6, 6.07) is 0. The molecule has 70 heavy (non-hydrogen) atoms. The van der Waals surface area contributed by atoms with Crippen LogP contribution >= 0.6 is 0 Å². The van der Waals surface area contributed by atoms with Gasteiger partial charge >= 0.3 is 12.4 Å². The van der Waals surface area contributed by atoms with Crippen LogP contribution in [0.1, 0.15) is 189 Å². The van der Waals surface area contributed by atoms with Crippen LogP contribution in [-0.2, 0) is 28.8 Å². The lowest BCUT2D eigenvalue weighted by Crippen LogP contribution is -2.57. The van der Waals surface area contributed by atoms with Crippen molar-refractivity contribution in [1.29, 1.82) is 0 Å². The zero-order valence-electron chi connectivity index (χ0n) is 45.2. The first-order valence-electron chi connectivity index (χ1n) is 24.7. The van der Waals surface area contributed by atoms with Crippen LogP contribution in [0.15, 0.2) is 0 Å². The Hall–Kier alpha value is -2.64. The molecule has 6 N–H and O–H groups in total. The van der Waals surface area contributed by atoms with E-state index in [4.69, 9.17) is 15.3 Å². The van der Waals surface area contributed by atoms with Gasteiger partial charge < -0.3 is 30.6 Å². The van der Waals surface area contributed by atoms with Crippen molar-refractivity contribution in [2.24, 2.45) is 59.2 Å². The third kappa shape index (κ3) is 21.1. The number of Topliss-reactive ketones (excluding diaryl/α,β-unsaturated/α-hetero) is 6. The second-order valence-electron chi connectivity index (χ2n) is 23.0. The van der Waals surface area contributed by atoms with E-state index < -0.39 is 83.5 Å². The summed E-state index contributed by atoms with van der Waals surface area (Å²) in [7, 11) is 0. The van der Waals surface area contributed by atoms with Crippen molar-refractivity contribution in [2.45, 2.75) is 235 Å². The molecule has 0 aromatic carbocycles. The molecule has 4 aliphatic rings. The molecule has 0 atom stereocenters. The second-order valence-corrected chi connectivity index (χ2v) is 23.0. The Balaban J connectivity index is 0. The van der Waals surface area contributed by atoms with Gasteiger partial charge in [-0.2, -0.15) is 26.3 Å². The lowest BCUT2D eigenvalue weighted by molar-refractivity contribution is -0.296. The molecule has 0 unspecified atom stereocenters. The number of alkyl halides is 6. The topological polar surface area (TPSA) is 224 Å². The van der Waals surface area contributed by atoms with Crippen molar-refractivity contribution in [3.63, 3.8) is 0 Å². The van der Waals surface area contributed by atoms with E-state index in [0.29, 0.717) is 50.1 Å². The normalized spacial score (nSPS) is 28.3. The highest BCUT2D eigenvalue weighted by atomic mass is 19.4. The van der Waals surface area contributed by atoms with E-state index >= 15 is 0 Å². The van der Waals surface area contributed by atoms with E-state index in [2.05, 4.69) is 0 Å². The highest BCUT2D eigenvalue weighted by Gasteiger charge is 2.63. The molecule has 0 bridgehead atoms. The number of carbonyl (C=O) groups is 6. The molecule has 0 heterocycles. The maximum Gasteiger partial charge on any atom is 0.417 e. The monoisotopic (exact) mass is 1020 g/mol. The number of hydrogen-bond acceptors (Lipinski definition) is 12. The molecule has 0 aromatic rings. The van der Waals surface area contributed by atoms with Gasteiger partial charge in [0.05, 0.1) is 11.2 Å². The molecule has 4 fully saturated rings. The van der Waals surface area contributed by atoms with Gasteiger partial charge in [0.1, 0.15) is 34.3 Å². The number of hydrogen-bond donors (Lipinski definition) is 6. The first kappa shape index (κ1) is 69.4. The minimum absolute atomic E-state index is 0.0394. The molecule has 12 nitrogen and oxygen atoms in total. The molecular formula is C52H90F6O12. The molecule has 0 radical (unpaired) electrons. The van der Waals surface area contributed by atoms with Crippen molar-refractivity contribution < 1.29 is 85.7 Å². The van der Waals surface area contributed by atoms with E-state index in [1.54, 1.807) is 55.4 Å². The lowest BCUT2D eigenvalue weighted by atomic mass is 9.67. The van der Waals surface area contributed by atoms with Gasteiger partial charge in [-0.1, -0.05) is 96.9 Å². The number of carbonyl (C=O) groups excluding carboxylic acids is 6. The van der Waals surface area contributed by atoms with Gasteiger partial charge in [0.25, 0.3) is 0 Å². The predicted octanol–water partition coefficient (Wildman–Crippen LogP) is 9.32. The Bertz CT molecular complexity index is 1600. The van der Waals surface area contributed by atoms with Crippen molar-refractivity contribution in [2.75, 3.05) is 0 Å². The zero-order valence-corrected chi connectivity index (χ0v) is 45.2. The summed E-state index contributed by atoms with van der Waals surface area (Å²) in [6.07, 6.45) is -7.48. The minimum atomic E-state index is -4.61. The minimum Gasteiger partial charge on any atom is -0.390 e. The van der Waals surface area contributed by atoms with Crippen molar-refractivity contribution in [3.8, 4) is 0 Å². The van der Waals surface area contributed by atoms with Crippen LogP contribution in [0.2, 0.25) is 0 Å². The maximum atomic E-state index is 12.2. The number of aliphatic hydroxyl groups is 6. The summed E-state index contributed by atoms with van der Waals surface area (Å²) in [5, 5.41) is 55.7. The van der Waals surface area contributed by atoms with E-state index in [1.165, 1.54) is 13.8 Å². The highest BCUT2D eigenvalue weighted by Crippen LogP contribution is 2.50. The van der Waals surface area contributed by atoms with Gasteiger partial charge in [0, 0.05) is 59.2 Å². The Morgan fingerprint density at radius 1 is 0.429 bits per heavy atom. The molecule has 4 saturated carbocycles. The molecule has 412 valence electrons. The largest absolute Gasteiger partial charge is 0.417 e. The summed E-state index contributed by atoms with van der Waals surface area (Å²) in [6.45, 7) is 31.7. The van der Waals surface area contributed by atoms with Crippen LogP contribution < -0.4 is 0 Å². The summed E-state index contributed by atoms with van der Waals surface area (Å²) in [4.78, 5) is 67.4. The average molecular weight is 1020 g/mol. The fourth-order valence-electron chi connectivity index (χ4n) is 8.51. The molecule has 0 aliphatic heterocycles. The summed E-state index contributed by atoms with van der Waals surface area (Å²) < 4.78 is 73.0. The fraction of sp³-hybridized carbons (Fsp3) is 0.885. The summed E-state index contributed by atoms with van der Waals surface area (Å²) in [5.74, 6) is -1.36. The third-order valence-corrected chi connectivity index (χ3v) is 13.3. The first-order chi connectivity index (χ1) is 31.0. The van der Waals surface area contributed by atoms with Crippen molar-refractivity contribution in [3.05, 3.63) is 0 Å². The highest BCUT2D eigenvalue weighted by molar-refractivity contribution is 5.89. The Kier molecular flexibility index (Phi) is 26.3.